The number of benzene rings is 2. The molecular formula is C19H20N2O5S. The average molecular weight is 388 g/mol. The lowest BCUT2D eigenvalue weighted by molar-refractivity contribution is 0.0695. The van der Waals surface area contributed by atoms with Gasteiger partial charge in [-0.15, -0.1) is 0 Å². The molecule has 1 heterocycles. The number of carboxylic acid groups (broad SMARTS) is 1. The van der Waals surface area contributed by atoms with Crippen molar-refractivity contribution < 1.29 is 23.1 Å². The maximum absolute atomic E-state index is 12.6. The predicted octanol–water partition coefficient (Wildman–Crippen LogP) is 2.73. The van der Waals surface area contributed by atoms with E-state index in [9.17, 15) is 18.0 Å². The van der Waals surface area contributed by atoms with Crippen LogP contribution in [-0.4, -0.2) is 43.4 Å². The number of hydrogen-bond acceptors (Lipinski definition) is 4. The number of rotatable bonds is 5. The summed E-state index contributed by atoms with van der Waals surface area (Å²) in [4.78, 5) is 25.1. The Balaban J connectivity index is 1.81. The first-order valence-electron chi connectivity index (χ1n) is 8.54. The molecule has 1 fully saturated rings. The number of carbonyl (C=O) groups is 2. The van der Waals surface area contributed by atoms with Gasteiger partial charge in [-0.3, -0.25) is 9.52 Å². The van der Waals surface area contributed by atoms with Gasteiger partial charge in [-0.2, -0.15) is 0 Å². The van der Waals surface area contributed by atoms with Crippen molar-refractivity contribution in [3.05, 3.63) is 59.2 Å². The Kier molecular flexibility index (Phi) is 5.18. The van der Waals surface area contributed by atoms with Crippen LogP contribution in [0.25, 0.3) is 0 Å². The molecule has 2 aromatic rings. The maximum Gasteiger partial charge on any atom is 0.335 e. The number of aromatic carboxylic acids is 1. The fourth-order valence-electron chi connectivity index (χ4n) is 3.02. The molecule has 0 bridgehead atoms. The highest BCUT2D eigenvalue weighted by atomic mass is 32.2. The molecule has 27 heavy (non-hydrogen) atoms. The zero-order valence-corrected chi connectivity index (χ0v) is 15.6. The molecule has 1 amide bonds. The minimum Gasteiger partial charge on any atom is -0.478 e. The third-order valence-electron chi connectivity index (χ3n) is 4.50. The van der Waals surface area contributed by atoms with Gasteiger partial charge in [0, 0.05) is 24.3 Å². The van der Waals surface area contributed by atoms with Gasteiger partial charge in [0.25, 0.3) is 15.9 Å². The topological polar surface area (TPSA) is 104 Å². The van der Waals surface area contributed by atoms with Crippen molar-refractivity contribution in [3.63, 3.8) is 0 Å². The Morgan fingerprint density at radius 3 is 2.19 bits per heavy atom. The van der Waals surface area contributed by atoms with Gasteiger partial charge in [0.15, 0.2) is 0 Å². The lowest BCUT2D eigenvalue weighted by Gasteiger charge is -2.15. The fraction of sp³-hybridized carbons (Fsp3) is 0.263. The normalized spacial score (nSPS) is 14.2. The molecule has 0 aliphatic carbocycles. The number of aryl methyl sites for hydroxylation is 1. The smallest absolute Gasteiger partial charge is 0.335 e. The van der Waals surface area contributed by atoms with Crippen LogP contribution >= 0.6 is 0 Å². The quantitative estimate of drug-likeness (QED) is 0.820. The molecule has 0 aromatic heterocycles. The average Bonchev–Trinajstić information content (AvgIpc) is 3.16. The maximum atomic E-state index is 12.6. The van der Waals surface area contributed by atoms with Gasteiger partial charge in [-0.25, -0.2) is 13.2 Å². The van der Waals surface area contributed by atoms with E-state index in [1.807, 2.05) is 0 Å². The van der Waals surface area contributed by atoms with Crippen molar-refractivity contribution in [2.75, 3.05) is 17.8 Å². The molecule has 0 atom stereocenters. The SMILES string of the molecule is Cc1ccc(C(=O)O)cc1S(=O)(=O)Nc1ccc(C(=O)N2CCCC2)cc1. The van der Waals surface area contributed by atoms with Crippen LogP contribution in [0, 0.1) is 6.92 Å². The van der Waals surface area contributed by atoms with Crippen LogP contribution < -0.4 is 4.72 Å². The molecule has 1 aliphatic rings. The number of hydrogen-bond donors (Lipinski definition) is 2. The summed E-state index contributed by atoms with van der Waals surface area (Å²) in [6, 6.07) is 10.2. The molecule has 1 saturated heterocycles. The van der Waals surface area contributed by atoms with E-state index in [1.54, 1.807) is 24.0 Å². The number of likely N-dealkylation sites (tertiary alicyclic amines) is 1. The van der Waals surface area contributed by atoms with Crippen molar-refractivity contribution >= 4 is 27.6 Å². The molecule has 142 valence electrons. The zero-order chi connectivity index (χ0) is 19.6. The van der Waals surface area contributed by atoms with Crippen molar-refractivity contribution in [2.45, 2.75) is 24.7 Å². The number of carbonyl (C=O) groups excluding carboxylic acids is 1. The van der Waals surface area contributed by atoms with Crippen LogP contribution in [-0.2, 0) is 10.0 Å². The molecule has 7 nitrogen and oxygen atoms in total. The van der Waals surface area contributed by atoms with Gasteiger partial charge in [0.1, 0.15) is 0 Å². The molecule has 0 unspecified atom stereocenters. The molecule has 0 saturated carbocycles. The van der Waals surface area contributed by atoms with Gasteiger partial charge >= 0.3 is 5.97 Å². The Labute approximate surface area is 157 Å². The van der Waals surface area contributed by atoms with Gasteiger partial charge < -0.3 is 10.0 Å². The third kappa shape index (κ3) is 4.11. The minimum atomic E-state index is -3.96. The first kappa shape index (κ1) is 18.9. The second-order valence-corrected chi connectivity index (χ2v) is 8.12. The van der Waals surface area contributed by atoms with Gasteiger partial charge in [-0.1, -0.05) is 6.07 Å². The third-order valence-corrected chi connectivity index (χ3v) is 6.03. The molecule has 2 N–H and O–H groups in total. The number of carboxylic acids is 1. The monoisotopic (exact) mass is 388 g/mol. The number of nitrogens with one attached hydrogen (secondary N) is 1. The summed E-state index contributed by atoms with van der Waals surface area (Å²) >= 11 is 0. The first-order chi connectivity index (χ1) is 12.8. The summed E-state index contributed by atoms with van der Waals surface area (Å²) in [5.74, 6) is -1.26. The second-order valence-electron chi connectivity index (χ2n) is 6.47. The Morgan fingerprint density at radius 2 is 1.59 bits per heavy atom. The zero-order valence-electron chi connectivity index (χ0n) is 14.8. The second kappa shape index (κ2) is 7.40. The van der Waals surface area contributed by atoms with E-state index in [0.29, 0.717) is 16.8 Å². The first-order valence-corrected chi connectivity index (χ1v) is 10.0. The van der Waals surface area contributed by atoms with E-state index in [1.165, 1.54) is 24.3 Å². The number of sulfonamides is 1. The molecule has 8 heteroatoms. The summed E-state index contributed by atoms with van der Waals surface area (Å²) in [5, 5.41) is 9.08. The van der Waals surface area contributed by atoms with E-state index in [4.69, 9.17) is 5.11 Å². The summed E-state index contributed by atoms with van der Waals surface area (Å²) in [5.41, 5.74) is 1.14. The van der Waals surface area contributed by atoms with Crippen molar-refractivity contribution in [1.29, 1.82) is 0 Å². The van der Waals surface area contributed by atoms with Gasteiger partial charge in [0.05, 0.1) is 10.5 Å². The van der Waals surface area contributed by atoms with Crippen LogP contribution in [0.2, 0.25) is 0 Å². The van der Waals surface area contributed by atoms with Gasteiger partial charge in [-0.05, 0) is 61.7 Å². The minimum absolute atomic E-state index is 0.0630. The Hall–Kier alpha value is -2.87. The summed E-state index contributed by atoms with van der Waals surface area (Å²) in [6.45, 7) is 3.08. The van der Waals surface area contributed by atoms with Crippen molar-refractivity contribution in [3.8, 4) is 0 Å². The van der Waals surface area contributed by atoms with E-state index < -0.39 is 16.0 Å². The van der Waals surface area contributed by atoms with Crippen molar-refractivity contribution in [2.24, 2.45) is 0 Å². The molecule has 2 aromatic carbocycles. The number of amides is 1. The van der Waals surface area contributed by atoms with E-state index in [0.717, 1.165) is 32.0 Å². The van der Waals surface area contributed by atoms with E-state index >= 15 is 0 Å². The molecule has 1 aliphatic heterocycles. The Bertz CT molecular complexity index is 978. The highest BCUT2D eigenvalue weighted by Crippen LogP contribution is 2.22. The van der Waals surface area contributed by atoms with Crippen LogP contribution in [0.3, 0.4) is 0 Å². The highest BCUT2D eigenvalue weighted by Gasteiger charge is 2.21. The molecule has 3 rings (SSSR count). The van der Waals surface area contributed by atoms with E-state index in [-0.39, 0.29) is 16.4 Å². The Morgan fingerprint density at radius 1 is 1.00 bits per heavy atom. The lowest BCUT2D eigenvalue weighted by Crippen LogP contribution is -2.27. The summed E-state index contributed by atoms with van der Waals surface area (Å²) in [6.07, 6.45) is 2.00. The van der Waals surface area contributed by atoms with Crippen LogP contribution in [0.5, 0.6) is 0 Å². The van der Waals surface area contributed by atoms with Crippen LogP contribution in [0.15, 0.2) is 47.4 Å². The molecular weight excluding hydrogens is 368 g/mol. The fourth-order valence-corrected chi connectivity index (χ4v) is 4.35. The predicted molar refractivity (Wildman–Crippen MR) is 101 cm³/mol. The largest absolute Gasteiger partial charge is 0.478 e. The number of nitrogens with zero attached hydrogens (tertiary/aromatic N) is 1. The van der Waals surface area contributed by atoms with Crippen LogP contribution in [0.1, 0.15) is 39.1 Å². The molecule has 0 spiro atoms. The van der Waals surface area contributed by atoms with Gasteiger partial charge in [0.2, 0.25) is 0 Å². The lowest BCUT2D eigenvalue weighted by atomic mass is 10.1. The van der Waals surface area contributed by atoms with E-state index in [2.05, 4.69) is 4.72 Å². The summed E-state index contributed by atoms with van der Waals surface area (Å²) in [7, 11) is -3.96. The van der Waals surface area contributed by atoms with Crippen molar-refractivity contribution in [1.82, 2.24) is 4.90 Å². The van der Waals surface area contributed by atoms with Crippen LogP contribution in [0.4, 0.5) is 5.69 Å². The standard InChI is InChI=1S/C19H20N2O5S/c1-13-4-5-15(19(23)24)12-17(13)27(25,26)20-16-8-6-14(7-9-16)18(22)21-10-2-3-11-21/h4-9,12,20H,2-3,10-11H2,1H3,(H,23,24). The number of anilines is 1. The molecule has 0 radical (unpaired) electrons. The highest BCUT2D eigenvalue weighted by molar-refractivity contribution is 7.92. The summed E-state index contributed by atoms with van der Waals surface area (Å²) < 4.78 is 27.7.